The third kappa shape index (κ3) is 1.95. The fourth-order valence-corrected chi connectivity index (χ4v) is 1.47. The molecule has 0 aromatic heterocycles. The van der Waals surface area contributed by atoms with Gasteiger partial charge in [0.1, 0.15) is 14.0 Å². The molecule has 0 aromatic rings. The second-order valence-electron chi connectivity index (χ2n) is 4.57. The van der Waals surface area contributed by atoms with Gasteiger partial charge in [0, 0.05) is 12.1 Å². The molecule has 1 fully saturated rings. The van der Waals surface area contributed by atoms with Crippen molar-refractivity contribution in [2.75, 3.05) is 13.1 Å². The molecule has 2 atom stereocenters. The third-order valence-electron chi connectivity index (χ3n) is 2.47. The van der Waals surface area contributed by atoms with E-state index in [1.54, 1.807) is 0 Å². The van der Waals surface area contributed by atoms with Gasteiger partial charge < -0.3 is 0 Å². The Morgan fingerprint density at radius 1 is 1.36 bits per heavy atom. The van der Waals surface area contributed by atoms with E-state index in [-0.39, 0.29) is 11.4 Å². The minimum atomic E-state index is -0.616. The molecular weight excluding hydrogens is 140 g/mol. The molecule has 0 aromatic carbocycles. The lowest BCUT2D eigenvalue weighted by Crippen LogP contribution is -2.39. The molecule has 1 nitrogen and oxygen atoms in total. The highest BCUT2D eigenvalue weighted by molar-refractivity contribution is 6.12. The Labute approximate surface area is 69.4 Å². The predicted octanol–water partition coefficient (Wildman–Crippen LogP) is 0.860. The SMILES string of the molecule is BC1CN(C(C)(C)C)CC1F. The van der Waals surface area contributed by atoms with Gasteiger partial charge in [0.15, 0.2) is 0 Å². The molecule has 0 radical (unpaired) electrons. The molecule has 0 saturated carbocycles. The van der Waals surface area contributed by atoms with E-state index in [4.69, 9.17) is 0 Å². The number of rotatable bonds is 0. The van der Waals surface area contributed by atoms with Crippen molar-refractivity contribution in [3.63, 3.8) is 0 Å². The summed E-state index contributed by atoms with van der Waals surface area (Å²) in [5.41, 5.74) is 0.134. The highest BCUT2D eigenvalue weighted by Crippen LogP contribution is 2.27. The van der Waals surface area contributed by atoms with Crippen LogP contribution in [-0.2, 0) is 0 Å². The average molecular weight is 157 g/mol. The zero-order valence-electron chi connectivity index (χ0n) is 7.89. The topological polar surface area (TPSA) is 3.24 Å². The zero-order valence-corrected chi connectivity index (χ0v) is 7.89. The molecule has 0 N–H and O–H groups in total. The molecule has 0 bridgehead atoms. The Balaban J connectivity index is 2.54. The van der Waals surface area contributed by atoms with E-state index >= 15 is 0 Å². The first-order valence-corrected chi connectivity index (χ1v) is 4.30. The van der Waals surface area contributed by atoms with Crippen LogP contribution in [0.2, 0.25) is 5.82 Å². The van der Waals surface area contributed by atoms with Crippen LogP contribution >= 0.6 is 0 Å². The largest absolute Gasteiger partial charge is 0.296 e. The lowest BCUT2D eigenvalue weighted by atomic mass is 9.86. The van der Waals surface area contributed by atoms with Crippen molar-refractivity contribution >= 4 is 7.85 Å². The molecule has 1 aliphatic rings. The predicted molar refractivity (Wildman–Crippen MR) is 48.5 cm³/mol. The first-order valence-electron chi connectivity index (χ1n) is 4.30. The maximum Gasteiger partial charge on any atom is 0.110 e. The van der Waals surface area contributed by atoms with Crippen molar-refractivity contribution in [3.05, 3.63) is 0 Å². The molecule has 1 saturated heterocycles. The second kappa shape index (κ2) is 2.78. The van der Waals surface area contributed by atoms with Crippen LogP contribution in [0.5, 0.6) is 0 Å². The maximum atomic E-state index is 13.1. The van der Waals surface area contributed by atoms with Crippen LogP contribution in [0.1, 0.15) is 20.8 Å². The highest BCUT2D eigenvalue weighted by atomic mass is 19.1. The summed E-state index contributed by atoms with van der Waals surface area (Å²) in [7, 11) is 1.98. The average Bonchev–Trinajstić information content (AvgIpc) is 2.11. The van der Waals surface area contributed by atoms with Gasteiger partial charge in [-0.05, 0) is 33.1 Å². The van der Waals surface area contributed by atoms with E-state index in [0.717, 1.165) is 6.54 Å². The maximum absolute atomic E-state index is 13.1. The quantitative estimate of drug-likeness (QED) is 0.471. The first-order chi connectivity index (χ1) is 4.91. The van der Waals surface area contributed by atoms with Crippen LogP contribution in [-0.4, -0.2) is 37.5 Å². The number of halogens is 1. The summed E-state index contributed by atoms with van der Waals surface area (Å²) in [5, 5.41) is 0. The van der Waals surface area contributed by atoms with Crippen molar-refractivity contribution in [1.82, 2.24) is 4.90 Å². The molecule has 0 spiro atoms. The van der Waals surface area contributed by atoms with Crippen molar-refractivity contribution < 1.29 is 4.39 Å². The second-order valence-corrected chi connectivity index (χ2v) is 4.57. The standard InChI is InChI=1S/C8H17BFN/c1-8(2,3)11-4-6(9)7(10)5-11/h6-7H,4-5,9H2,1-3H3. The van der Waals surface area contributed by atoms with Crippen LogP contribution in [0.25, 0.3) is 0 Å². The Hall–Kier alpha value is -0.0451. The van der Waals surface area contributed by atoms with Crippen molar-refractivity contribution in [1.29, 1.82) is 0 Å². The molecule has 1 rings (SSSR count). The number of likely N-dealkylation sites (tertiary alicyclic amines) is 1. The van der Waals surface area contributed by atoms with Crippen molar-refractivity contribution in [2.45, 2.75) is 38.3 Å². The summed E-state index contributed by atoms with van der Waals surface area (Å²) in [6.07, 6.45) is -0.616. The minimum absolute atomic E-state index is 0.134. The third-order valence-corrected chi connectivity index (χ3v) is 2.47. The molecule has 0 amide bonds. The Morgan fingerprint density at radius 2 is 1.91 bits per heavy atom. The van der Waals surface area contributed by atoms with Crippen LogP contribution < -0.4 is 0 Å². The molecule has 64 valence electrons. The molecule has 1 aliphatic heterocycles. The van der Waals surface area contributed by atoms with Crippen molar-refractivity contribution in [3.8, 4) is 0 Å². The summed E-state index contributed by atoms with van der Waals surface area (Å²) < 4.78 is 13.1. The van der Waals surface area contributed by atoms with E-state index in [1.165, 1.54) is 0 Å². The normalized spacial score (nSPS) is 34.5. The van der Waals surface area contributed by atoms with Crippen LogP contribution in [0.3, 0.4) is 0 Å². The summed E-state index contributed by atoms with van der Waals surface area (Å²) in [6, 6.07) is 0. The molecule has 1 heterocycles. The molecule has 0 aliphatic carbocycles. The summed E-state index contributed by atoms with van der Waals surface area (Å²) in [4.78, 5) is 2.21. The van der Waals surface area contributed by atoms with E-state index in [1.807, 2.05) is 7.85 Å². The van der Waals surface area contributed by atoms with E-state index in [2.05, 4.69) is 25.7 Å². The van der Waals surface area contributed by atoms with Gasteiger partial charge in [0.2, 0.25) is 0 Å². The van der Waals surface area contributed by atoms with E-state index < -0.39 is 6.17 Å². The Bertz CT molecular complexity index is 134. The van der Waals surface area contributed by atoms with Gasteiger partial charge in [-0.15, -0.1) is 0 Å². The van der Waals surface area contributed by atoms with Crippen LogP contribution in [0.15, 0.2) is 0 Å². The fraction of sp³-hybridized carbons (Fsp3) is 1.00. The van der Waals surface area contributed by atoms with Gasteiger partial charge in [-0.3, -0.25) is 4.90 Å². The highest BCUT2D eigenvalue weighted by Gasteiger charge is 2.34. The Morgan fingerprint density at radius 3 is 2.09 bits per heavy atom. The molecule has 3 heteroatoms. The van der Waals surface area contributed by atoms with Gasteiger partial charge in [0.25, 0.3) is 0 Å². The molecule has 11 heavy (non-hydrogen) atoms. The fourth-order valence-electron chi connectivity index (χ4n) is 1.47. The van der Waals surface area contributed by atoms with Crippen LogP contribution in [0, 0.1) is 0 Å². The monoisotopic (exact) mass is 157 g/mol. The molecule has 2 unspecified atom stereocenters. The van der Waals surface area contributed by atoms with Gasteiger partial charge in [-0.25, -0.2) is 4.39 Å². The zero-order chi connectivity index (χ0) is 8.65. The Kier molecular flexibility index (Phi) is 2.28. The number of alkyl halides is 1. The number of hydrogen-bond acceptors (Lipinski definition) is 1. The van der Waals surface area contributed by atoms with Gasteiger partial charge in [-0.2, -0.15) is 0 Å². The number of hydrogen-bond donors (Lipinski definition) is 0. The van der Waals surface area contributed by atoms with Gasteiger partial charge in [0.05, 0.1) is 0 Å². The molecular formula is C8H17BFN. The van der Waals surface area contributed by atoms with E-state index in [0.29, 0.717) is 6.54 Å². The lowest BCUT2D eigenvalue weighted by molar-refractivity contribution is 0.161. The smallest absolute Gasteiger partial charge is 0.110 e. The summed E-state index contributed by atoms with van der Waals surface area (Å²) in [5.74, 6) is 0.217. The van der Waals surface area contributed by atoms with Crippen molar-refractivity contribution in [2.24, 2.45) is 0 Å². The van der Waals surface area contributed by atoms with Gasteiger partial charge >= 0.3 is 0 Å². The lowest BCUT2D eigenvalue weighted by Gasteiger charge is -2.31. The minimum Gasteiger partial charge on any atom is -0.296 e. The van der Waals surface area contributed by atoms with E-state index in [9.17, 15) is 4.39 Å². The number of nitrogens with zero attached hydrogens (tertiary/aromatic N) is 1. The van der Waals surface area contributed by atoms with Gasteiger partial charge in [-0.1, -0.05) is 0 Å². The summed E-state index contributed by atoms with van der Waals surface area (Å²) >= 11 is 0. The first kappa shape index (κ1) is 9.05. The van der Waals surface area contributed by atoms with Crippen LogP contribution in [0.4, 0.5) is 4.39 Å². The summed E-state index contributed by atoms with van der Waals surface area (Å²) in [6.45, 7) is 7.93.